The molecule has 1 unspecified atom stereocenters. The Balaban J connectivity index is 1.84. The maximum atomic E-state index is 13.0. The SMILES string of the molecule is COc1cc2c(cc1/C=N\NC(=O)c1ccc(F)cc1)C(C)CC(C)(C)N2C. The fourth-order valence-electron chi connectivity index (χ4n) is 3.71. The van der Waals surface area contributed by atoms with E-state index in [0.717, 1.165) is 17.7 Å². The van der Waals surface area contributed by atoms with Crippen molar-refractivity contribution in [3.05, 3.63) is 58.9 Å². The summed E-state index contributed by atoms with van der Waals surface area (Å²) in [4.78, 5) is 14.4. The van der Waals surface area contributed by atoms with Gasteiger partial charge < -0.3 is 9.64 Å². The van der Waals surface area contributed by atoms with Gasteiger partial charge in [0.15, 0.2) is 0 Å². The lowest BCUT2D eigenvalue weighted by molar-refractivity contribution is 0.0955. The number of ether oxygens (including phenoxy) is 1. The molecule has 28 heavy (non-hydrogen) atoms. The van der Waals surface area contributed by atoms with Gasteiger partial charge in [-0.15, -0.1) is 0 Å². The molecule has 0 fully saturated rings. The monoisotopic (exact) mass is 383 g/mol. The van der Waals surface area contributed by atoms with Crippen LogP contribution in [0.5, 0.6) is 5.75 Å². The van der Waals surface area contributed by atoms with Gasteiger partial charge in [-0.3, -0.25) is 4.79 Å². The van der Waals surface area contributed by atoms with Crippen molar-refractivity contribution in [1.82, 2.24) is 5.43 Å². The van der Waals surface area contributed by atoms with Gasteiger partial charge >= 0.3 is 0 Å². The predicted molar refractivity (Wildman–Crippen MR) is 110 cm³/mol. The van der Waals surface area contributed by atoms with Crippen LogP contribution in [0.1, 0.15) is 54.6 Å². The summed E-state index contributed by atoms with van der Waals surface area (Å²) in [6.45, 7) is 6.69. The van der Waals surface area contributed by atoms with E-state index < -0.39 is 5.91 Å². The number of nitrogens with zero attached hydrogens (tertiary/aromatic N) is 2. The molecule has 0 saturated carbocycles. The standard InChI is InChI=1S/C22H26FN3O2/c1-14-12-22(2,3)26(4)19-11-20(28-5)16(10-18(14)19)13-24-25-21(27)15-6-8-17(23)9-7-15/h6-11,13-14H,12H2,1-5H3,(H,25,27)/b24-13-. The van der Waals surface area contributed by atoms with Crippen molar-refractivity contribution >= 4 is 17.8 Å². The highest BCUT2D eigenvalue weighted by Crippen LogP contribution is 2.44. The maximum absolute atomic E-state index is 13.0. The van der Waals surface area contributed by atoms with Crippen molar-refractivity contribution in [3.8, 4) is 5.75 Å². The molecular weight excluding hydrogens is 357 g/mol. The summed E-state index contributed by atoms with van der Waals surface area (Å²) in [5.41, 5.74) is 6.05. The van der Waals surface area contributed by atoms with Crippen LogP contribution in [0.2, 0.25) is 0 Å². The van der Waals surface area contributed by atoms with E-state index in [1.165, 1.54) is 29.8 Å². The number of nitrogens with one attached hydrogen (secondary N) is 1. The van der Waals surface area contributed by atoms with Crippen LogP contribution >= 0.6 is 0 Å². The third-order valence-corrected chi connectivity index (χ3v) is 5.46. The number of hydrogen-bond acceptors (Lipinski definition) is 4. The van der Waals surface area contributed by atoms with E-state index in [-0.39, 0.29) is 11.4 Å². The number of carbonyl (C=O) groups excluding carboxylic acids is 1. The average Bonchev–Trinajstić information content (AvgIpc) is 2.66. The van der Waals surface area contributed by atoms with Crippen LogP contribution in [0.3, 0.4) is 0 Å². The molecule has 2 aromatic rings. The molecule has 0 saturated heterocycles. The lowest BCUT2D eigenvalue weighted by Crippen LogP contribution is -2.45. The summed E-state index contributed by atoms with van der Waals surface area (Å²) in [5, 5.41) is 4.06. The Bertz CT molecular complexity index is 907. The Morgan fingerprint density at radius 3 is 2.64 bits per heavy atom. The zero-order valence-corrected chi connectivity index (χ0v) is 16.9. The van der Waals surface area contributed by atoms with E-state index >= 15 is 0 Å². The molecule has 0 spiro atoms. The molecule has 1 amide bonds. The molecule has 1 aliphatic rings. The van der Waals surface area contributed by atoms with E-state index in [1.54, 1.807) is 13.3 Å². The van der Waals surface area contributed by atoms with Crippen LogP contribution in [-0.4, -0.2) is 31.8 Å². The summed E-state index contributed by atoms with van der Waals surface area (Å²) in [6, 6.07) is 9.40. The number of fused-ring (bicyclic) bond motifs is 1. The average molecular weight is 383 g/mol. The highest BCUT2D eigenvalue weighted by molar-refractivity contribution is 5.95. The number of benzene rings is 2. The first-order chi connectivity index (χ1) is 13.2. The predicted octanol–water partition coefficient (Wildman–Crippen LogP) is 4.32. The van der Waals surface area contributed by atoms with E-state index in [0.29, 0.717) is 17.2 Å². The smallest absolute Gasteiger partial charge is 0.271 e. The summed E-state index contributed by atoms with van der Waals surface area (Å²) in [6.07, 6.45) is 2.62. The number of rotatable bonds is 4. The first kappa shape index (κ1) is 19.9. The second-order valence-electron chi connectivity index (χ2n) is 7.84. The molecule has 3 rings (SSSR count). The fraction of sp³-hybridized carbons (Fsp3) is 0.364. The highest BCUT2D eigenvalue weighted by Gasteiger charge is 2.34. The van der Waals surface area contributed by atoms with Crippen molar-refractivity contribution < 1.29 is 13.9 Å². The van der Waals surface area contributed by atoms with Crippen molar-refractivity contribution in [1.29, 1.82) is 0 Å². The first-order valence-corrected chi connectivity index (χ1v) is 9.27. The Morgan fingerprint density at radius 1 is 1.32 bits per heavy atom. The maximum Gasteiger partial charge on any atom is 0.271 e. The van der Waals surface area contributed by atoms with Gasteiger partial charge in [0.1, 0.15) is 11.6 Å². The van der Waals surface area contributed by atoms with Crippen LogP contribution in [0.25, 0.3) is 0 Å². The number of hydrogen-bond donors (Lipinski definition) is 1. The van der Waals surface area contributed by atoms with Crippen LogP contribution in [0, 0.1) is 5.82 Å². The fourth-order valence-corrected chi connectivity index (χ4v) is 3.71. The topological polar surface area (TPSA) is 53.9 Å². The zero-order valence-electron chi connectivity index (χ0n) is 16.9. The zero-order chi connectivity index (χ0) is 20.5. The molecule has 1 heterocycles. The van der Waals surface area contributed by atoms with Gasteiger partial charge in [-0.2, -0.15) is 5.10 Å². The summed E-state index contributed by atoms with van der Waals surface area (Å²) in [5.74, 6) is 0.299. The number of hydrazone groups is 1. The molecule has 1 atom stereocenters. The van der Waals surface area contributed by atoms with Crippen LogP contribution in [0.4, 0.5) is 10.1 Å². The van der Waals surface area contributed by atoms with Crippen molar-refractivity contribution in [2.24, 2.45) is 5.10 Å². The molecule has 2 aromatic carbocycles. The van der Waals surface area contributed by atoms with Gasteiger partial charge in [0.05, 0.1) is 13.3 Å². The van der Waals surface area contributed by atoms with Crippen molar-refractivity contribution in [2.75, 3.05) is 19.1 Å². The van der Waals surface area contributed by atoms with Crippen molar-refractivity contribution in [2.45, 2.75) is 38.6 Å². The van der Waals surface area contributed by atoms with Gasteiger partial charge in [-0.05, 0) is 62.1 Å². The quantitative estimate of drug-likeness (QED) is 0.632. The second-order valence-corrected chi connectivity index (χ2v) is 7.84. The molecule has 0 aliphatic carbocycles. The van der Waals surface area contributed by atoms with E-state index in [9.17, 15) is 9.18 Å². The third kappa shape index (κ3) is 3.86. The Labute approximate surface area is 165 Å². The number of carbonyl (C=O) groups is 1. The minimum atomic E-state index is -0.400. The minimum Gasteiger partial charge on any atom is -0.496 e. The van der Waals surface area contributed by atoms with Crippen LogP contribution in [0.15, 0.2) is 41.5 Å². The van der Waals surface area contributed by atoms with Crippen LogP contribution < -0.4 is 15.1 Å². The summed E-state index contributed by atoms with van der Waals surface area (Å²) in [7, 11) is 3.72. The molecule has 148 valence electrons. The normalized spacial score (nSPS) is 18.1. The van der Waals surface area contributed by atoms with Gasteiger partial charge in [-0.25, -0.2) is 9.82 Å². The molecule has 0 bridgehead atoms. The largest absolute Gasteiger partial charge is 0.496 e. The van der Waals surface area contributed by atoms with Gasteiger partial charge in [0, 0.05) is 35.5 Å². The molecule has 0 aromatic heterocycles. The highest BCUT2D eigenvalue weighted by atomic mass is 19.1. The molecular formula is C22H26FN3O2. The number of amides is 1. The third-order valence-electron chi connectivity index (χ3n) is 5.46. The summed E-state index contributed by atoms with van der Waals surface area (Å²) < 4.78 is 18.5. The van der Waals surface area contributed by atoms with E-state index in [1.807, 2.05) is 6.07 Å². The number of halogens is 1. The molecule has 1 N–H and O–H groups in total. The lowest BCUT2D eigenvalue weighted by atomic mass is 9.80. The lowest BCUT2D eigenvalue weighted by Gasteiger charge is -2.45. The Kier molecular flexibility index (Phi) is 5.40. The number of anilines is 1. The molecule has 5 nitrogen and oxygen atoms in total. The molecule has 0 radical (unpaired) electrons. The molecule has 6 heteroatoms. The van der Waals surface area contributed by atoms with Crippen molar-refractivity contribution in [3.63, 3.8) is 0 Å². The van der Waals surface area contributed by atoms with Crippen LogP contribution in [-0.2, 0) is 0 Å². The minimum absolute atomic E-state index is 0.0656. The molecule has 1 aliphatic heterocycles. The van der Waals surface area contributed by atoms with E-state index in [4.69, 9.17) is 4.74 Å². The first-order valence-electron chi connectivity index (χ1n) is 9.27. The Hall–Kier alpha value is -2.89. The van der Waals surface area contributed by atoms with Gasteiger partial charge in [0.2, 0.25) is 0 Å². The number of methoxy groups -OCH3 is 1. The summed E-state index contributed by atoms with van der Waals surface area (Å²) >= 11 is 0. The Morgan fingerprint density at radius 2 is 2.00 bits per heavy atom. The second kappa shape index (κ2) is 7.62. The van der Waals surface area contributed by atoms with Gasteiger partial charge in [0.25, 0.3) is 5.91 Å². The van der Waals surface area contributed by atoms with E-state index in [2.05, 4.69) is 49.3 Å². The van der Waals surface area contributed by atoms with Gasteiger partial charge in [-0.1, -0.05) is 6.92 Å².